The molecule has 0 unspecified atom stereocenters. The molecule has 7 heteroatoms. The molecule has 94 valence electrons. The molecule has 0 saturated carbocycles. The van der Waals surface area contributed by atoms with Crippen molar-refractivity contribution in [3.63, 3.8) is 0 Å². The van der Waals surface area contributed by atoms with E-state index in [1.165, 1.54) is 17.7 Å². The van der Waals surface area contributed by atoms with Crippen molar-refractivity contribution in [1.82, 2.24) is 0 Å². The average molecular weight is 299 g/mol. The predicted molar refractivity (Wildman–Crippen MR) is 64.5 cm³/mol. The normalized spacial score (nSPS) is 12.6. The zero-order valence-corrected chi connectivity index (χ0v) is 11.1. The van der Waals surface area contributed by atoms with Gasteiger partial charge in [-0.05, 0) is 30.7 Å². The molecule has 3 nitrogen and oxygen atoms in total. The van der Waals surface area contributed by atoms with E-state index in [1.54, 1.807) is 6.92 Å². The van der Waals surface area contributed by atoms with E-state index < -0.39 is 14.9 Å². The SMILES string of the molecule is C/C(=C/Cl)COc1ccc(S(=O)(=O)Cl)cc1F. The molecule has 0 spiro atoms. The summed E-state index contributed by atoms with van der Waals surface area (Å²) in [7, 11) is 1.14. The molecule has 0 aliphatic heterocycles. The van der Waals surface area contributed by atoms with E-state index in [2.05, 4.69) is 0 Å². The van der Waals surface area contributed by atoms with Crippen molar-refractivity contribution in [3.05, 3.63) is 35.1 Å². The average Bonchev–Trinajstić information content (AvgIpc) is 2.25. The number of hydrogen-bond donors (Lipinski definition) is 0. The van der Waals surface area contributed by atoms with E-state index >= 15 is 0 Å². The van der Waals surface area contributed by atoms with Crippen LogP contribution in [0.5, 0.6) is 5.75 Å². The van der Waals surface area contributed by atoms with Gasteiger partial charge in [-0.3, -0.25) is 0 Å². The second kappa shape index (κ2) is 5.71. The highest BCUT2D eigenvalue weighted by Crippen LogP contribution is 2.23. The summed E-state index contributed by atoms with van der Waals surface area (Å²) in [5, 5.41) is 0. The molecule has 0 atom stereocenters. The Bertz CT molecular complexity index is 540. The van der Waals surface area contributed by atoms with Gasteiger partial charge in [-0.1, -0.05) is 11.6 Å². The van der Waals surface area contributed by atoms with E-state index in [9.17, 15) is 12.8 Å². The molecule has 0 radical (unpaired) electrons. The molecule has 17 heavy (non-hydrogen) atoms. The van der Waals surface area contributed by atoms with Gasteiger partial charge in [0.15, 0.2) is 11.6 Å². The van der Waals surface area contributed by atoms with Gasteiger partial charge in [0.05, 0.1) is 4.90 Å². The van der Waals surface area contributed by atoms with E-state index in [0.29, 0.717) is 5.57 Å². The Morgan fingerprint density at radius 1 is 1.53 bits per heavy atom. The smallest absolute Gasteiger partial charge is 0.261 e. The van der Waals surface area contributed by atoms with Crippen LogP contribution in [0.4, 0.5) is 4.39 Å². The lowest BCUT2D eigenvalue weighted by atomic mass is 10.3. The quantitative estimate of drug-likeness (QED) is 0.801. The van der Waals surface area contributed by atoms with Crippen LogP contribution < -0.4 is 4.74 Å². The molecule has 0 saturated heterocycles. The Hall–Kier alpha value is -0.780. The first-order chi connectivity index (χ1) is 7.84. The van der Waals surface area contributed by atoms with Crippen molar-refractivity contribution in [3.8, 4) is 5.75 Å². The van der Waals surface area contributed by atoms with Gasteiger partial charge in [0.25, 0.3) is 9.05 Å². The van der Waals surface area contributed by atoms with Gasteiger partial charge in [-0.25, -0.2) is 12.8 Å². The van der Waals surface area contributed by atoms with Crippen LogP contribution in [0, 0.1) is 5.82 Å². The maximum atomic E-state index is 13.4. The molecular formula is C10H9Cl2FO3S. The third-order valence-corrected chi connectivity index (χ3v) is 3.55. The van der Waals surface area contributed by atoms with Crippen LogP contribution in [0.15, 0.2) is 34.2 Å². The van der Waals surface area contributed by atoms with Crippen molar-refractivity contribution in [2.75, 3.05) is 6.61 Å². The molecule has 0 aliphatic carbocycles. The van der Waals surface area contributed by atoms with Crippen LogP contribution in [0.2, 0.25) is 0 Å². The molecule has 0 heterocycles. The number of ether oxygens (including phenoxy) is 1. The molecule has 0 aliphatic rings. The van der Waals surface area contributed by atoms with Crippen LogP contribution in [0.25, 0.3) is 0 Å². The van der Waals surface area contributed by atoms with Crippen LogP contribution >= 0.6 is 22.3 Å². The second-order valence-electron chi connectivity index (χ2n) is 3.27. The fraction of sp³-hybridized carbons (Fsp3) is 0.200. The molecule has 1 aromatic carbocycles. The van der Waals surface area contributed by atoms with Gasteiger partial charge in [-0.15, -0.1) is 0 Å². The molecule has 1 aromatic rings. The van der Waals surface area contributed by atoms with Gasteiger partial charge in [-0.2, -0.15) is 0 Å². The lowest BCUT2D eigenvalue weighted by Gasteiger charge is -2.07. The topological polar surface area (TPSA) is 43.4 Å². The minimum absolute atomic E-state index is 0.0630. The van der Waals surface area contributed by atoms with Crippen LogP contribution in [0.1, 0.15) is 6.92 Å². The first-order valence-corrected chi connectivity index (χ1v) is 7.22. The van der Waals surface area contributed by atoms with E-state index in [0.717, 1.165) is 6.07 Å². The summed E-state index contributed by atoms with van der Waals surface area (Å²) in [5.41, 5.74) is 2.02. The second-order valence-corrected chi connectivity index (χ2v) is 6.06. The molecule has 1 rings (SSSR count). The third kappa shape index (κ3) is 4.18. The summed E-state index contributed by atoms with van der Waals surface area (Å²) in [4.78, 5) is -0.311. The number of hydrogen-bond acceptors (Lipinski definition) is 3. The first kappa shape index (κ1) is 14.3. The van der Waals surface area contributed by atoms with Gasteiger partial charge >= 0.3 is 0 Å². The van der Waals surface area contributed by atoms with Gasteiger partial charge in [0.2, 0.25) is 0 Å². The number of halogens is 3. The highest BCUT2D eigenvalue weighted by atomic mass is 35.7. The maximum Gasteiger partial charge on any atom is 0.261 e. The largest absolute Gasteiger partial charge is 0.486 e. The summed E-state index contributed by atoms with van der Waals surface area (Å²) in [6, 6.07) is 3.17. The minimum Gasteiger partial charge on any atom is -0.486 e. The van der Waals surface area contributed by atoms with Gasteiger partial charge < -0.3 is 4.74 Å². The van der Waals surface area contributed by atoms with Crippen LogP contribution in [-0.4, -0.2) is 15.0 Å². The monoisotopic (exact) mass is 298 g/mol. The van der Waals surface area contributed by atoms with Crippen LogP contribution in [-0.2, 0) is 9.05 Å². The Labute approximate surface area is 108 Å². The molecule has 0 bridgehead atoms. The van der Waals surface area contributed by atoms with E-state index in [4.69, 9.17) is 27.0 Å². The zero-order valence-electron chi connectivity index (χ0n) is 8.78. The van der Waals surface area contributed by atoms with Gasteiger partial charge in [0.1, 0.15) is 6.61 Å². The molecule has 0 amide bonds. The van der Waals surface area contributed by atoms with Crippen molar-refractivity contribution in [2.24, 2.45) is 0 Å². The Balaban J connectivity index is 2.91. The molecule has 0 N–H and O–H groups in total. The van der Waals surface area contributed by atoms with Crippen LogP contribution in [0.3, 0.4) is 0 Å². The maximum absolute atomic E-state index is 13.4. The number of rotatable bonds is 4. The fourth-order valence-corrected chi connectivity index (χ4v) is 1.80. The molecular weight excluding hydrogens is 290 g/mol. The Kier molecular flexibility index (Phi) is 4.80. The number of benzene rings is 1. The van der Waals surface area contributed by atoms with Crippen molar-refractivity contribution >= 4 is 31.3 Å². The summed E-state index contributed by atoms with van der Waals surface area (Å²) in [5.74, 6) is -0.860. The van der Waals surface area contributed by atoms with Crippen molar-refractivity contribution < 1.29 is 17.5 Å². The standard InChI is InChI=1S/C10H9Cl2FO3S/c1-7(5-11)6-16-10-3-2-8(4-9(10)13)17(12,14)15/h2-5H,6H2,1H3/b7-5-. The Morgan fingerprint density at radius 3 is 2.65 bits per heavy atom. The lowest BCUT2D eigenvalue weighted by molar-refractivity contribution is 0.332. The zero-order chi connectivity index (χ0) is 13.1. The third-order valence-electron chi connectivity index (χ3n) is 1.83. The summed E-state index contributed by atoms with van der Waals surface area (Å²) >= 11 is 5.41. The highest BCUT2D eigenvalue weighted by molar-refractivity contribution is 8.13. The summed E-state index contributed by atoms with van der Waals surface area (Å²) in [6.45, 7) is 1.83. The van der Waals surface area contributed by atoms with Crippen molar-refractivity contribution in [1.29, 1.82) is 0 Å². The highest BCUT2D eigenvalue weighted by Gasteiger charge is 2.13. The van der Waals surface area contributed by atoms with E-state index in [-0.39, 0.29) is 17.3 Å². The lowest BCUT2D eigenvalue weighted by Crippen LogP contribution is -2.01. The predicted octanol–water partition coefficient (Wildman–Crippen LogP) is 3.27. The fourth-order valence-electron chi connectivity index (χ4n) is 0.973. The summed E-state index contributed by atoms with van der Waals surface area (Å²) < 4.78 is 40.4. The Morgan fingerprint density at radius 2 is 2.18 bits per heavy atom. The molecule has 0 fully saturated rings. The summed E-state index contributed by atoms with van der Waals surface area (Å²) in [6.07, 6.45) is 0. The van der Waals surface area contributed by atoms with Crippen molar-refractivity contribution in [2.45, 2.75) is 11.8 Å². The minimum atomic E-state index is -3.93. The molecule has 0 aromatic heterocycles. The first-order valence-electron chi connectivity index (χ1n) is 4.47. The van der Waals surface area contributed by atoms with Gasteiger partial charge in [0, 0.05) is 16.2 Å². The van der Waals surface area contributed by atoms with E-state index in [1.807, 2.05) is 0 Å².